The Kier molecular flexibility index (Phi) is 5.77. The predicted molar refractivity (Wildman–Crippen MR) is 131 cm³/mol. The van der Waals surface area contributed by atoms with E-state index in [1.807, 2.05) is 35.8 Å². The lowest BCUT2D eigenvalue weighted by molar-refractivity contribution is -0.126. The minimum absolute atomic E-state index is 0.206. The SMILES string of the molecule is C=CC(=O)N1CCOc2c(cnn2C)-c2cc(cc(C)n2)C(=O)Nc2nc3ccccc3n2CC1. The fraction of sp³-hybridized carbons (Fsp3) is 0.240. The van der Waals surface area contributed by atoms with Crippen LogP contribution in [0, 0.1) is 6.92 Å². The van der Waals surface area contributed by atoms with Crippen molar-refractivity contribution >= 4 is 28.8 Å². The summed E-state index contributed by atoms with van der Waals surface area (Å²) in [6.45, 7) is 6.86. The Bertz CT molecular complexity index is 1450. The highest BCUT2D eigenvalue weighted by Gasteiger charge is 2.21. The van der Waals surface area contributed by atoms with Crippen molar-refractivity contribution in [3.8, 4) is 17.1 Å². The maximum absolute atomic E-state index is 13.3. The second kappa shape index (κ2) is 9.05. The number of benzene rings is 1. The Balaban J connectivity index is 1.63. The third kappa shape index (κ3) is 4.25. The summed E-state index contributed by atoms with van der Waals surface area (Å²) in [4.78, 5) is 36.8. The standard InChI is InChI=1S/C25H25N7O3/c1-4-22(33)31-9-10-32-21-8-6-5-7-19(21)28-25(32)29-23(34)17-13-16(2)27-20(14-17)18-15-26-30(3)24(18)35-12-11-31/h4-8,13-15H,1,9-12H2,2-3H3,(H,28,29,34). The molecule has 5 rings (SSSR count). The average Bonchev–Trinajstić information content (AvgIpc) is 3.39. The van der Waals surface area contributed by atoms with Crippen LogP contribution >= 0.6 is 0 Å². The molecule has 1 N–H and O–H groups in total. The summed E-state index contributed by atoms with van der Waals surface area (Å²) in [5.41, 5.74) is 3.97. The Morgan fingerprint density at radius 1 is 1.17 bits per heavy atom. The van der Waals surface area contributed by atoms with Gasteiger partial charge in [-0.25, -0.2) is 9.67 Å². The predicted octanol–water partition coefficient (Wildman–Crippen LogP) is 2.80. The molecule has 3 aromatic heterocycles. The van der Waals surface area contributed by atoms with Gasteiger partial charge >= 0.3 is 0 Å². The van der Waals surface area contributed by atoms with E-state index in [4.69, 9.17) is 4.74 Å². The van der Waals surface area contributed by atoms with Crippen LogP contribution in [-0.2, 0) is 18.4 Å². The Morgan fingerprint density at radius 2 is 2.00 bits per heavy atom. The first-order valence-corrected chi connectivity index (χ1v) is 11.3. The number of nitrogens with one attached hydrogen (secondary N) is 1. The van der Waals surface area contributed by atoms with E-state index in [9.17, 15) is 9.59 Å². The number of hydrogen-bond acceptors (Lipinski definition) is 6. The summed E-state index contributed by atoms with van der Waals surface area (Å²) in [6, 6.07) is 11.1. The molecule has 10 heteroatoms. The molecule has 0 atom stereocenters. The lowest BCUT2D eigenvalue weighted by atomic mass is 10.1. The molecular weight excluding hydrogens is 446 g/mol. The number of pyridine rings is 1. The summed E-state index contributed by atoms with van der Waals surface area (Å²) >= 11 is 0. The molecule has 0 saturated heterocycles. The monoisotopic (exact) mass is 471 g/mol. The zero-order chi connectivity index (χ0) is 24.5. The van der Waals surface area contributed by atoms with Crippen molar-refractivity contribution in [2.24, 2.45) is 7.05 Å². The summed E-state index contributed by atoms with van der Waals surface area (Å²) < 4.78 is 9.58. The van der Waals surface area contributed by atoms with Crippen molar-refractivity contribution in [2.75, 3.05) is 25.0 Å². The number of carbonyl (C=O) groups excluding carboxylic acids is 2. The van der Waals surface area contributed by atoms with Crippen LogP contribution in [0.25, 0.3) is 22.3 Å². The Morgan fingerprint density at radius 3 is 2.83 bits per heavy atom. The van der Waals surface area contributed by atoms with E-state index in [0.29, 0.717) is 54.0 Å². The number of nitrogens with zero attached hydrogens (tertiary/aromatic N) is 6. The van der Waals surface area contributed by atoms with Crippen LogP contribution in [0.3, 0.4) is 0 Å². The van der Waals surface area contributed by atoms with Gasteiger partial charge in [0.05, 0.1) is 35.0 Å². The van der Waals surface area contributed by atoms with Gasteiger partial charge in [-0.1, -0.05) is 18.7 Å². The van der Waals surface area contributed by atoms with E-state index in [1.54, 1.807) is 35.0 Å². The molecule has 4 aromatic rings. The number of para-hydroxylation sites is 2. The van der Waals surface area contributed by atoms with Gasteiger partial charge in [-0.3, -0.25) is 19.9 Å². The van der Waals surface area contributed by atoms with E-state index in [-0.39, 0.29) is 18.4 Å². The van der Waals surface area contributed by atoms with Crippen LogP contribution in [0.15, 0.2) is 55.3 Å². The summed E-state index contributed by atoms with van der Waals surface area (Å²) in [7, 11) is 1.77. The first kappa shape index (κ1) is 22.3. The highest BCUT2D eigenvalue weighted by Crippen LogP contribution is 2.29. The fourth-order valence-corrected chi connectivity index (χ4v) is 4.22. The molecule has 35 heavy (non-hydrogen) atoms. The lowest BCUT2D eigenvalue weighted by Gasteiger charge is -2.22. The molecule has 178 valence electrons. The van der Waals surface area contributed by atoms with Gasteiger partial charge in [-0.2, -0.15) is 5.10 Å². The molecule has 4 heterocycles. The van der Waals surface area contributed by atoms with Crippen molar-refractivity contribution in [1.29, 1.82) is 0 Å². The maximum Gasteiger partial charge on any atom is 0.258 e. The summed E-state index contributed by atoms with van der Waals surface area (Å²) in [6.07, 6.45) is 2.94. The number of carbonyl (C=O) groups is 2. The van der Waals surface area contributed by atoms with Gasteiger partial charge in [-0.05, 0) is 37.3 Å². The first-order valence-electron chi connectivity index (χ1n) is 11.3. The minimum Gasteiger partial charge on any atom is -0.475 e. The molecule has 1 aliphatic heterocycles. The van der Waals surface area contributed by atoms with E-state index < -0.39 is 0 Å². The number of aromatic nitrogens is 5. The van der Waals surface area contributed by atoms with Gasteiger partial charge in [0.15, 0.2) is 0 Å². The molecule has 1 aromatic carbocycles. The molecular formula is C25H25N7O3. The van der Waals surface area contributed by atoms with Gasteiger partial charge < -0.3 is 14.2 Å². The normalized spacial score (nSPS) is 14.2. The maximum atomic E-state index is 13.3. The van der Waals surface area contributed by atoms with E-state index in [2.05, 4.69) is 27.0 Å². The highest BCUT2D eigenvalue weighted by atomic mass is 16.5. The van der Waals surface area contributed by atoms with E-state index in [0.717, 1.165) is 11.0 Å². The van der Waals surface area contributed by atoms with Crippen LogP contribution in [0.1, 0.15) is 16.1 Å². The van der Waals surface area contributed by atoms with Crippen molar-refractivity contribution in [3.05, 3.63) is 66.5 Å². The molecule has 0 saturated carbocycles. The van der Waals surface area contributed by atoms with Crippen molar-refractivity contribution < 1.29 is 14.3 Å². The topological polar surface area (TPSA) is 107 Å². The number of amides is 2. The van der Waals surface area contributed by atoms with Gasteiger partial charge in [0.2, 0.25) is 17.7 Å². The second-order valence-electron chi connectivity index (χ2n) is 8.28. The van der Waals surface area contributed by atoms with Crippen LogP contribution in [0.4, 0.5) is 5.95 Å². The smallest absolute Gasteiger partial charge is 0.258 e. The van der Waals surface area contributed by atoms with Crippen molar-refractivity contribution in [2.45, 2.75) is 13.5 Å². The zero-order valence-corrected chi connectivity index (χ0v) is 19.6. The van der Waals surface area contributed by atoms with Crippen molar-refractivity contribution in [1.82, 2.24) is 29.2 Å². The molecule has 0 radical (unpaired) electrons. The average molecular weight is 472 g/mol. The van der Waals surface area contributed by atoms with Gasteiger partial charge in [0.25, 0.3) is 5.91 Å². The second-order valence-corrected chi connectivity index (χ2v) is 8.28. The third-order valence-electron chi connectivity index (χ3n) is 5.94. The van der Waals surface area contributed by atoms with Gasteiger partial charge in [0, 0.05) is 31.4 Å². The number of aryl methyl sites for hydroxylation is 2. The van der Waals surface area contributed by atoms with Crippen LogP contribution < -0.4 is 10.1 Å². The van der Waals surface area contributed by atoms with Crippen molar-refractivity contribution in [3.63, 3.8) is 0 Å². The molecule has 2 amide bonds. The largest absolute Gasteiger partial charge is 0.475 e. The number of imidazole rings is 1. The molecule has 2 bridgehead atoms. The highest BCUT2D eigenvalue weighted by molar-refractivity contribution is 6.04. The Labute approximate surface area is 201 Å². The van der Waals surface area contributed by atoms with Crippen LogP contribution in [0.5, 0.6) is 5.88 Å². The summed E-state index contributed by atoms with van der Waals surface area (Å²) in [5, 5.41) is 7.26. The zero-order valence-electron chi connectivity index (χ0n) is 19.6. The van der Waals surface area contributed by atoms with Gasteiger partial charge in [-0.15, -0.1) is 0 Å². The number of rotatable bonds is 1. The number of anilines is 1. The number of fused-ring (bicyclic) bond motifs is 7. The molecule has 1 aliphatic rings. The van der Waals surface area contributed by atoms with E-state index >= 15 is 0 Å². The Hall–Kier alpha value is -4.47. The fourth-order valence-electron chi connectivity index (χ4n) is 4.22. The molecule has 0 aliphatic carbocycles. The first-order chi connectivity index (χ1) is 16.9. The van der Waals surface area contributed by atoms with Crippen LogP contribution in [0.2, 0.25) is 0 Å². The molecule has 0 spiro atoms. The minimum atomic E-state index is -0.312. The summed E-state index contributed by atoms with van der Waals surface area (Å²) in [5.74, 6) is 0.399. The molecule has 10 nitrogen and oxygen atoms in total. The quantitative estimate of drug-likeness (QED) is 0.428. The van der Waals surface area contributed by atoms with E-state index in [1.165, 1.54) is 6.08 Å². The number of hydrogen-bond donors (Lipinski definition) is 1. The number of ether oxygens (including phenoxy) is 1. The van der Waals surface area contributed by atoms with Gasteiger partial charge in [0.1, 0.15) is 6.61 Å². The molecule has 0 fully saturated rings. The van der Waals surface area contributed by atoms with Crippen LogP contribution in [-0.4, -0.2) is 60.7 Å². The molecule has 0 unspecified atom stereocenters. The lowest BCUT2D eigenvalue weighted by Crippen LogP contribution is -2.36. The third-order valence-corrected chi connectivity index (χ3v) is 5.94.